The molecule has 156 valence electrons. The van der Waals surface area contributed by atoms with Gasteiger partial charge >= 0.3 is 0 Å². The monoisotopic (exact) mass is 423 g/mol. The molecule has 2 aromatic carbocycles. The van der Waals surface area contributed by atoms with E-state index >= 15 is 0 Å². The highest BCUT2D eigenvalue weighted by Crippen LogP contribution is 2.17. The van der Waals surface area contributed by atoms with Crippen LogP contribution in [0.1, 0.15) is 36.2 Å². The lowest BCUT2D eigenvalue weighted by atomic mass is 10.1. The van der Waals surface area contributed by atoms with Gasteiger partial charge in [0, 0.05) is 18.7 Å². The second-order valence-corrected chi connectivity index (χ2v) is 8.71. The lowest BCUT2D eigenvalue weighted by molar-refractivity contribution is -0.121. The molecule has 0 unspecified atom stereocenters. The van der Waals surface area contributed by atoms with Crippen molar-refractivity contribution >= 4 is 15.9 Å². The zero-order chi connectivity index (χ0) is 21.4. The highest BCUT2D eigenvalue weighted by molar-refractivity contribution is 7.89. The van der Waals surface area contributed by atoms with Gasteiger partial charge in [0.25, 0.3) is 0 Å². The molecule has 0 bridgehead atoms. The van der Waals surface area contributed by atoms with E-state index in [1.165, 1.54) is 0 Å². The number of nitrogens with one attached hydrogen (secondary N) is 2. The van der Waals surface area contributed by atoms with Gasteiger partial charge in [-0.05, 0) is 48.7 Å². The number of sulfonamides is 1. The molecule has 0 aliphatic carbocycles. The minimum absolute atomic E-state index is 0.0734. The number of hydrogen-bond donors (Lipinski definition) is 2. The number of rotatable bonds is 9. The third kappa shape index (κ3) is 6.23. The van der Waals surface area contributed by atoms with Crippen LogP contribution in [-0.2, 0) is 27.8 Å². The molecule has 6 nitrogen and oxygen atoms in total. The second-order valence-electron chi connectivity index (χ2n) is 7.00. The first-order valence-corrected chi connectivity index (χ1v) is 11.3. The van der Waals surface area contributed by atoms with E-state index in [0.717, 1.165) is 16.8 Å². The number of aryl methyl sites for hydroxylation is 1. The smallest absolute Gasteiger partial charge is 0.241 e. The summed E-state index contributed by atoms with van der Waals surface area (Å²) in [6, 6.07) is 21.3. The molecule has 3 rings (SSSR count). The van der Waals surface area contributed by atoms with Crippen LogP contribution in [0.15, 0.2) is 83.9 Å². The van der Waals surface area contributed by atoms with Gasteiger partial charge < -0.3 is 5.32 Å². The molecule has 0 saturated heterocycles. The summed E-state index contributed by atoms with van der Waals surface area (Å²) in [5.74, 6) is -0.0734. The zero-order valence-corrected chi connectivity index (χ0v) is 17.6. The third-order valence-electron chi connectivity index (χ3n) is 4.70. The highest BCUT2D eigenvalue weighted by atomic mass is 32.2. The van der Waals surface area contributed by atoms with Crippen LogP contribution in [0.4, 0.5) is 0 Å². The van der Waals surface area contributed by atoms with Gasteiger partial charge in [-0.15, -0.1) is 0 Å². The Bertz CT molecular complexity index is 1050. The van der Waals surface area contributed by atoms with Gasteiger partial charge in [-0.25, -0.2) is 13.1 Å². The number of aromatic nitrogens is 1. The fraction of sp³-hybridized carbons (Fsp3) is 0.217. The number of carbonyl (C=O) groups is 1. The molecular weight excluding hydrogens is 398 g/mol. The van der Waals surface area contributed by atoms with Crippen LogP contribution >= 0.6 is 0 Å². The maximum absolute atomic E-state index is 12.6. The van der Waals surface area contributed by atoms with Crippen molar-refractivity contribution in [3.8, 4) is 0 Å². The predicted octanol–water partition coefficient (Wildman–Crippen LogP) is 3.37. The number of carbonyl (C=O) groups excluding carboxylic acids is 1. The molecule has 1 aromatic heterocycles. The second kappa shape index (κ2) is 10.1. The first kappa shape index (κ1) is 21.7. The molecule has 0 fully saturated rings. The standard InChI is InChI=1S/C23H25N3O3S/c1-18(20-7-3-2-4-8-20)26-30(28,29)22-13-10-19(11-14-22)12-15-23(27)25-17-21-9-5-6-16-24-21/h2-11,13-14,16,18,26H,12,15,17H2,1H3,(H,25,27)/t18-/m1/s1. The molecule has 0 radical (unpaired) electrons. The van der Waals surface area contributed by atoms with E-state index in [9.17, 15) is 13.2 Å². The predicted molar refractivity (Wildman–Crippen MR) is 116 cm³/mol. The summed E-state index contributed by atoms with van der Waals surface area (Å²) < 4.78 is 28.0. The first-order chi connectivity index (χ1) is 14.4. The van der Waals surface area contributed by atoms with Crippen molar-refractivity contribution in [1.82, 2.24) is 15.0 Å². The molecule has 0 saturated carbocycles. The molecule has 0 aliphatic rings. The van der Waals surface area contributed by atoms with Gasteiger partial charge in [-0.1, -0.05) is 48.5 Å². The van der Waals surface area contributed by atoms with Gasteiger partial charge in [0.1, 0.15) is 0 Å². The number of pyridine rings is 1. The van der Waals surface area contributed by atoms with Gasteiger partial charge in [0.15, 0.2) is 0 Å². The van der Waals surface area contributed by atoms with Crippen LogP contribution in [-0.4, -0.2) is 19.3 Å². The molecule has 0 spiro atoms. The van der Waals surface area contributed by atoms with Crippen LogP contribution < -0.4 is 10.0 Å². The Kier molecular flexibility index (Phi) is 7.32. The van der Waals surface area contributed by atoms with Crippen molar-refractivity contribution in [3.63, 3.8) is 0 Å². The van der Waals surface area contributed by atoms with Crippen LogP contribution in [0.3, 0.4) is 0 Å². The topological polar surface area (TPSA) is 88.2 Å². The summed E-state index contributed by atoms with van der Waals surface area (Å²) in [6.45, 7) is 2.20. The molecule has 1 atom stereocenters. The Hall–Kier alpha value is -3.03. The highest BCUT2D eigenvalue weighted by Gasteiger charge is 2.18. The Morgan fingerprint density at radius 3 is 2.33 bits per heavy atom. The third-order valence-corrected chi connectivity index (χ3v) is 6.26. The van der Waals surface area contributed by atoms with Crippen LogP contribution in [0, 0.1) is 0 Å². The molecule has 1 heterocycles. The molecule has 7 heteroatoms. The van der Waals surface area contributed by atoms with E-state index in [2.05, 4.69) is 15.0 Å². The van der Waals surface area contributed by atoms with E-state index < -0.39 is 10.0 Å². The SMILES string of the molecule is C[C@@H](NS(=O)(=O)c1ccc(CCC(=O)NCc2ccccn2)cc1)c1ccccc1. The van der Waals surface area contributed by atoms with E-state index in [-0.39, 0.29) is 16.8 Å². The Morgan fingerprint density at radius 2 is 1.67 bits per heavy atom. The number of hydrogen-bond acceptors (Lipinski definition) is 4. The maximum Gasteiger partial charge on any atom is 0.241 e. The van der Waals surface area contributed by atoms with Crippen LogP contribution in [0.5, 0.6) is 0 Å². The normalized spacial score (nSPS) is 12.3. The van der Waals surface area contributed by atoms with Crippen molar-refractivity contribution in [3.05, 3.63) is 95.8 Å². The van der Waals surface area contributed by atoms with Crippen molar-refractivity contribution in [2.24, 2.45) is 0 Å². The fourth-order valence-corrected chi connectivity index (χ4v) is 4.22. The maximum atomic E-state index is 12.6. The average Bonchev–Trinajstić information content (AvgIpc) is 2.77. The van der Waals surface area contributed by atoms with E-state index in [1.54, 1.807) is 30.5 Å². The summed E-state index contributed by atoms with van der Waals surface area (Å²) in [5.41, 5.74) is 2.60. The first-order valence-electron chi connectivity index (χ1n) is 9.77. The zero-order valence-electron chi connectivity index (χ0n) is 16.8. The number of amides is 1. The van der Waals surface area contributed by atoms with Crippen LogP contribution in [0.25, 0.3) is 0 Å². The molecule has 30 heavy (non-hydrogen) atoms. The van der Waals surface area contributed by atoms with Crippen molar-refractivity contribution in [2.45, 2.75) is 37.2 Å². The van der Waals surface area contributed by atoms with E-state index in [0.29, 0.717) is 19.4 Å². The Labute approximate surface area is 177 Å². The molecule has 1 amide bonds. The van der Waals surface area contributed by atoms with Crippen molar-refractivity contribution in [2.75, 3.05) is 0 Å². The summed E-state index contributed by atoms with van der Waals surface area (Å²) in [5, 5.41) is 2.83. The van der Waals surface area contributed by atoms with Gasteiger partial charge in [-0.3, -0.25) is 9.78 Å². The molecule has 0 aliphatic heterocycles. The largest absolute Gasteiger partial charge is 0.350 e. The summed E-state index contributed by atoms with van der Waals surface area (Å²) in [6.07, 6.45) is 2.54. The molecule has 3 aromatic rings. The van der Waals surface area contributed by atoms with Gasteiger partial charge in [-0.2, -0.15) is 0 Å². The summed E-state index contributed by atoms with van der Waals surface area (Å²) >= 11 is 0. The van der Waals surface area contributed by atoms with Crippen LogP contribution in [0.2, 0.25) is 0 Å². The van der Waals surface area contributed by atoms with Gasteiger partial charge in [0.2, 0.25) is 15.9 Å². The summed E-state index contributed by atoms with van der Waals surface area (Å²) in [7, 11) is -3.63. The minimum atomic E-state index is -3.63. The minimum Gasteiger partial charge on any atom is -0.350 e. The van der Waals surface area contributed by atoms with Crippen molar-refractivity contribution in [1.29, 1.82) is 0 Å². The Balaban J connectivity index is 1.52. The van der Waals surface area contributed by atoms with Gasteiger partial charge in [0.05, 0.1) is 17.1 Å². The number of benzene rings is 2. The fourth-order valence-electron chi connectivity index (χ4n) is 2.98. The molecule has 2 N–H and O–H groups in total. The van der Waals surface area contributed by atoms with Crippen molar-refractivity contribution < 1.29 is 13.2 Å². The quantitative estimate of drug-likeness (QED) is 0.552. The average molecular weight is 424 g/mol. The lowest BCUT2D eigenvalue weighted by Gasteiger charge is -2.15. The Morgan fingerprint density at radius 1 is 0.967 bits per heavy atom. The van der Waals surface area contributed by atoms with E-state index in [4.69, 9.17) is 0 Å². The lowest BCUT2D eigenvalue weighted by Crippen LogP contribution is -2.26. The van der Waals surface area contributed by atoms with E-state index in [1.807, 2.05) is 55.5 Å². The number of nitrogens with zero attached hydrogens (tertiary/aromatic N) is 1. The molecular formula is C23H25N3O3S. The summed E-state index contributed by atoms with van der Waals surface area (Å²) in [4.78, 5) is 16.4.